The second-order valence-corrected chi connectivity index (χ2v) is 6.19. The largest absolute Gasteiger partial charge is 0.441 e. The Morgan fingerprint density at radius 2 is 2.08 bits per heavy atom. The summed E-state index contributed by atoms with van der Waals surface area (Å²) in [6.45, 7) is 3.34. The number of amides is 2. The van der Waals surface area contributed by atoms with Crippen LogP contribution in [-0.2, 0) is 0 Å². The highest BCUT2D eigenvalue weighted by Crippen LogP contribution is 2.27. The van der Waals surface area contributed by atoms with E-state index in [0.717, 1.165) is 36.3 Å². The number of likely N-dealkylation sites (tertiary alicyclic amines) is 1. The third-order valence-electron chi connectivity index (χ3n) is 4.49. The number of nitrogens with one attached hydrogen (secondary N) is 1. The third kappa shape index (κ3) is 2.85. The van der Waals surface area contributed by atoms with Gasteiger partial charge in [-0.25, -0.2) is 9.78 Å². The number of hydrogen-bond donors (Lipinski definition) is 1. The number of aromatic nitrogens is 1. The van der Waals surface area contributed by atoms with Crippen LogP contribution in [0.25, 0.3) is 11.1 Å². The van der Waals surface area contributed by atoms with E-state index in [1.807, 2.05) is 48.2 Å². The Morgan fingerprint density at radius 1 is 1.25 bits per heavy atom. The second-order valence-electron chi connectivity index (χ2n) is 6.19. The van der Waals surface area contributed by atoms with Gasteiger partial charge in [0.25, 0.3) is 0 Å². The number of hydrogen-bond acceptors (Lipinski definition) is 3. The predicted octanol–water partition coefficient (Wildman–Crippen LogP) is 4.16. The maximum Gasteiger partial charge on any atom is 0.321 e. The molecule has 1 atom stereocenters. The molecule has 1 aromatic heterocycles. The fraction of sp³-hybridized carbons (Fsp3) is 0.263. The van der Waals surface area contributed by atoms with Gasteiger partial charge in [0.1, 0.15) is 5.52 Å². The van der Waals surface area contributed by atoms with Crippen molar-refractivity contribution in [3.8, 4) is 0 Å². The average molecular weight is 321 g/mol. The molecule has 0 unspecified atom stereocenters. The molecule has 0 radical (unpaired) electrons. The van der Waals surface area contributed by atoms with Crippen LogP contribution in [0.4, 0.5) is 10.5 Å². The quantitative estimate of drug-likeness (QED) is 0.771. The number of anilines is 1. The fourth-order valence-corrected chi connectivity index (χ4v) is 3.26. The lowest BCUT2D eigenvalue weighted by atomic mass is 9.99. The van der Waals surface area contributed by atoms with Crippen molar-refractivity contribution in [1.82, 2.24) is 9.88 Å². The Hall–Kier alpha value is -2.82. The highest BCUT2D eigenvalue weighted by Gasteiger charge is 2.27. The summed E-state index contributed by atoms with van der Waals surface area (Å²) in [7, 11) is 0. The number of oxazole rings is 1. The summed E-state index contributed by atoms with van der Waals surface area (Å²) in [5.41, 5.74) is 3.53. The average Bonchev–Trinajstić information content (AvgIpc) is 3.21. The van der Waals surface area contributed by atoms with Crippen LogP contribution in [0.5, 0.6) is 0 Å². The molecule has 122 valence electrons. The van der Waals surface area contributed by atoms with Crippen molar-refractivity contribution in [2.24, 2.45) is 0 Å². The smallest absolute Gasteiger partial charge is 0.321 e. The van der Waals surface area contributed by atoms with E-state index in [1.165, 1.54) is 5.56 Å². The summed E-state index contributed by atoms with van der Waals surface area (Å²) in [6, 6.07) is 15.8. The molecule has 4 rings (SSSR count). The molecule has 0 bridgehead atoms. The maximum absolute atomic E-state index is 12.5. The van der Waals surface area contributed by atoms with Gasteiger partial charge in [-0.15, -0.1) is 0 Å². The molecule has 0 aliphatic carbocycles. The number of aryl methyl sites for hydroxylation is 1. The minimum absolute atomic E-state index is 0.0620. The van der Waals surface area contributed by atoms with Gasteiger partial charge >= 0.3 is 6.03 Å². The Morgan fingerprint density at radius 3 is 2.92 bits per heavy atom. The van der Waals surface area contributed by atoms with Crippen molar-refractivity contribution in [2.75, 3.05) is 18.4 Å². The standard InChI is InChI=1S/C19H19N3O2/c1-13-20-17-11-16(7-8-18(17)24-13)21-19(23)22-10-9-15(12-22)14-5-3-2-4-6-14/h2-8,11,15H,9-10,12H2,1H3,(H,21,23)/t15-/m0/s1. The van der Waals surface area contributed by atoms with Gasteiger partial charge in [0, 0.05) is 31.6 Å². The molecule has 1 saturated heterocycles. The number of benzene rings is 2. The van der Waals surface area contributed by atoms with Gasteiger partial charge < -0.3 is 14.6 Å². The first-order valence-electron chi connectivity index (χ1n) is 8.17. The van der Waals surface area contributed by atoms with Crippen molar-refractivity contribution in [3.05, 3.63) is 60.0 Å². The van der Waals surface area contributed by atoms with Gasteiger partial charge in [-0.2, -0.15) is 0 Å². The topological polar surface area (TPSA) is 58.4 Å². The summed E-state index contributed by atoms with van der Waals surface area (Å²) < 4.78 is 5.46. The zero-order valence-corrected chi connectivity index (χ0v) is 13.5. The molecule has 1 N–H and O–H groups in total. The first-order chi connectivity index (χ1) is 11.7. The second kappa shape index (κ2) is 6.00. The number of fused-ring (bicyclic) bond motifs is 1. The van der Waals surface area contributed by atoms with E-state index in [0.29, 0.717) is 11.8 Å². The van der Waals surface area contributed by atoms with E-state index >= 15 is 0 Å². The molecule has 1 fully saturated rings. The summed E-state index contributed by atoms with van der Waals surface area (Å²) in [6.07, 6.45) is 0.999. The number of carbonyl (C=O) groups excluding carboxylic acids is 1. The molecular formula is C19H19N3O2. The van der Waals surface area contributed by atoms with Crippen LogP contribution < -0.4 is 5.32 Å². The highest BCUT2D eigenvalue weighted by atomic mass is 16.3. The summed E-state index contributed by atoms with van der Waals surface area (Å²) in [4.78, 5) is 18.7. The summed E-state index contributed by atoms with van der Waals surface area (Å²) in [5, 5.41) is 2.96. The monoisotopic (exact) mass is 321 g/mol. The van der Waals surface area contributed by atoms with E-state index in [2.05, 4.69) is 22.4 Å². The van der Waals surface area contributed by atoms with E-state index in [4.69, 9.17) is 4.42 Å². The number of carbonyl (C=O) groups is 1. The molecule has 0 spiro atoms. The highest BCUT2D eigenvalue weighted by molar-refractivity contribution is 5.91. The molecule has 2 amide bonds. The van der Waals surface area contributed by atoms with Crippen LogP contribution in [0.3, 0.4) is 0 Å². The Balaban J connectivity index is 1.44. The van der Waals surface area contributed by atoms with Crippen molar-refractivity contribution in [3.63, 3.8) is 0 Å². The molecule has 5 nitrogen and oxygen atoms in total. The summed E-state index contributed by atoms with van der Waals surface area (Å²) >= 11 is 0. The van der Waals surface area contributed by atoms with Crippen molar-refractivity contribution < 1.29 is 9.21 Å². The van der Waals surface area contributed by atoms with Crippen LogP contribution in [0, 0.1) is 6.92 Å². The molecule has 1 aliphatic heterocycles. The molecule has 2 aromatic carbocycles. The van der Waals surface area contributed by atoms with Gasteiger partial charge in [0.05, 0.1) is 0 Å². The molecule has 0 saturated carbocycles. The van der Waals surface area contributed by atoms with Crippen LogP contribution in [0.2, 0.25) is 0 Å². The first kappa shape index (κ1) is 14.8. The van der Waals surface area contributed by atoms with Crippen molar-refractivity contribution in [2.45, 2.75) is 19.3 Å². The minimum Gasteiger partial charge on any atom is -0.441 e. The zero-order chi connectivity index (χ0) is 16.5. The van der Waals surface area contributed by atoms with E-state index in [1.54, 1.807) is 0 Å². The van der Waals surface area contributed by atoms with E-state index < -0.39 is 0 Å². The van der Waals surface area contributed by atoms with E-state index in [9.17, 15) is 4.79 Å². The van der Waals surface area contributed by atoms with Gasteiger partial charge in [-0.1, -0.05) is 30.3 Å². The van der Waals surface area contributed by atoms with E-state index in [-0.39, 0.29) is 6.03 Å². The predicted molar refractivity (Wildman–Crippen MR) is 93.1 cm³/mol. The normalized spacial score (nSPS) is 17.4. The van der Waals surface area contributed by atoms with Gasteiger partial charge in [0.2, 0.25) is 0 Å². The van der Waals surface area contributed by atoms with Gasteiger partial charge in [-0.3, -0.25) is 0 Å². The number of nitrogens with zero attached hydrogens (tertiary/aromatic N) is 2. The molecule has 3 aromatic rings. The van der Waals surface area contributed by atoms with Crippen LogP contribution in [0.1, 0.15) is 23.8 Å². The van der Waals surface area contributed by atoms with Crippen molar-refractivity contribution >= 4 is 22.8 Å². The molecular weight excluding hydrogens is 302 g/mol. The lowest BCUT2D eigenvalue weighted by molar-refractivity contribution is 0.222. The third-order valence-corrected chi connectivity index (χ3v) is 4.49. The summed E-state index contributed by atoms with van der Waals surface area (Å²) in [5.74, 6) is 1.04. The first-order valence-corrected chi connectivity index (χ1v) is 8.17. The van der Waals surface area contributed by atoms with Crippen LogP contribution in [-0.4, -0.2) is 29.0 Å². The van der Waals surface area contributed by atoms with Gasteiger partial charge in [0.15, 0.2) is 11.5 Å². The fourth-order valence-electron chi connectivity index (χ4n) is 3.26. The Labute approximate surface area is 140 Å². The van der Waals surface area contributed by atoms with Crippen molar-refractivity contribution in [1.29, 1.82) is 0 Å². The Bertz CT molecular complexity index is 873. The zero-order valence-electron chi connectivity index (χ0n) is 13.5. The lowest BCUT2D eigenvalue weighted by Crippen LogP contribution is -2.32. The van der Waals surface area contributed by atoms with Crippen LogP contribution >= 0.6 is 0 Å². The van der Waals surface area contributed by atoms with Gasteiger partial charge in [-0.05, 0) is 30.2 Å². The maximum atomic E-state index is 12.5. The number of rotatable bonds is 2. The molecule has 2 heterocycles. The molecule has 1 aliphatic rings. The SMILES string of the molecule is Cc1nc2cc(NC(=O)N3CC[C@H](c4ccccc4)C3)ccc2o1. The van der Waals surface area contributed by atoms with Crippen LogP contribution in [0.15, 0.2) is 52.9 Å². The number of urea groups is 1. The lowest BCUT2D eigenvalue weighted by Gasteiger charge is -2.17. The minimum atomic E-state index is -0.0620. The molecule has 24 heavy (non-hydrogen) atoms. The Kier molecular flexibility index (Phi) is 3.69. The molecule has 5 heteroatoms.